The van der Waals surface area contributed by atoms with Crippen molar-refractivity contribution >= 4 is 16.1 Å². The Balaban J connectivity index is 1.05. The van der Waals surface area contributed by atoms with E-state index >= 15 is 0 Å². The van der Waals surface area contributed by atoms with Gasteiger partial charge in [-0.2, -0.15) is 0 Å². The molecule has 0 aromatic heterocycles. The van der Waals surface area contributed by atoms with E-state index in [0.29, 0.717) is 29.4 Å². The number of hydrogen-bond donors (Lipinski definition) is 3. The maximum Gasteiger partial charge on any atom is 0.421 e. The number of carbonyl (C=O) groups is 1. The lowest BCUT2D eigenvalue weighted by molar-refractivity contribution is -0.174. The summed E-state index contributed by atoms with van der Waals surface area (Å²) in [4.78, 5) is 12.7. The molecule has 1 aromatic carbocycles. The number of nitrogens with one attached hydrogen (secondary N) is 1. The fourth-order valence-corrected chi connectivity index (χ4v) is 11.8. The normalized spacial score (nSPS) is 40.3. The van der Waals surface area contributed by atoms with Gasteiger partial charge in [-0.15, -0.1) is 0 Å². The summed E-state index contributed by atoms with van der Waals surface area (Å²) in [7, 11) is -4.08. The second-order valence-electron chi connectivity index (χ2n) is 15.9. The Kier molecular flexibility index (Phi) is 8.58. The van der Waals surface area contributed by atoms with Gasteiger partial charge in [-0.25, -0.2) is 17.9 Å². The highest BCUT2D eigenvalue weighted by Crippen LogP contribution is 2.68. The summed E-state index contributed by atoms with van der Waals surface area (Å²) in [5, 5.41) is 21.8. The smallest absolute Gasteiger partial charge is 0.421 e. The molecule has 44 heavy (non-hydrogen) atoms. The lowest BCUT2D eigenvalue weighted by atomic mass is 9.43. The average Bonchev–Trinajstić information content (AvgIpc) is 3.55. The number of benzene rings is 1. The summed E-state index contributed by atoms with van der Waals surface area (Å²) in [6.45, 7) is 9.13. The van der Waals surface area contributed by atoms with Crippen molar-refractivity contribution in [2.24, 2.45) is 46.3 Å². The molecule has 0 radical (unpaired) electrons. The molecule has 0 unspecified atom stereocenters. The standard InChI is InChI=1S/C35H53NO7S/c1-22(21-42-32(39)36-44(40,41)26-9-7-25(8-10-26)43-33(2)15-5-6-16-33)27-11-12-28-31-29(14-18-35(27,28)4)34(3)17-13-24(37)19-23(34)20-30(31)38/h7-10,22-24,27-31,37-38H,5-6,11-21H2,1-4H3,(H,36,39)/t22-,23+,24-,27-,28+,29+,30-,31+,34+,35-/m1/s1. The predicted molar refractivity (Wildman–Crippen MR) is 167 cm³/mol. The van der Waals surface area contributed by atoms with Crippen LogP contribution in [-0.2, 0) is 14.8 Å². The molecule has 8 nitrogen and oxygen atoms in total. The summed E-state index contributed by atoms with van der Waals surface area (Å²) < 4.78 is 39.5. The minimum atomic E-state index is -4.08. The topological polar surface area (TPSA) is 122 Å². The molecule has 3 N–H and O–H groups in total. The molecule has 1 aromatic rings. The van der Waals surface area contributed by atoms with Crippen LogP contribution in [0.3, 0.4) is 0 Å². The number of rotatable bonds is 7. The third-order valence-corrected chi connectivity index (χ3v) is 14.6. The quantitative estimate of drug-likeness (QED) is 0.317. The number of sulfonamides is 1. The molecular formula is C35H53NO7S. The lowest BCUT2D eigenvalue weighted by Gasteiger charge is -2.62. The number of ether oxygens (including phenoxy) is 2. The van der Waals surface area contributed by atoms with E-state index in [1.54, 1.807) is 12.1 Å². The molecule has 1 amide bonds. The van der Waals surface area contributed by atoms with E-state index in [9.17, 15) is 23.4 Å². The molecule has 5 aliphatic rings. The minimum absolute atomic E-state index is 0.0104. The Hall–Kier alpha value is -1.84. The molecule has 0 heterocycles. The number of aliphatic hydroxyl groups excluding tert-OH is 2. The molecule has 5 saturated carbocycles. The summed E-state index contributed by atoms with van der Waals surface area (Å²) in [6.07, 6.45) is 10.5. The number of aliphatic hydroxyl groups is 2. The molecule has 0 saturated heterocycles. The SMILES string of the molecule is C[C@H](COC(=O)NS(=O)(=O)c1ccc(OC2(C)CCCC2)cc1)[C@H]1CC[C@H]2[C@@H]3[C@H](O)C[C@@H]4C[C@H](O)CC[C@]4(C)[C@H]3CC[C@]12C. The van der Waals surface area contributed by atoms with Crippen LogP contribution in [-0.4, -0.2) is 49.1 Å². The number of carbonyl (C=O) groups excluding carboxylic acids is 1. The number of hydrogen-bond acceptors (Lipinski definition) is 7. The van der Waals surface area contributed by atoms with Gasteiger partial charge in [0, 0.05) is 0 Å². The van der Waals surface area contributed by atoms with E-state index < -0.39 is 16.1 Å². The molecule has 0 bridgehead atoms. The van der Waals surface area contributed by atoms with Crippen molar-refractivity contribution < 1.29 is 32.9 Å². The van der Waals surface area contributed by atoms with E-state index in [1.807, 2.05) is 0 Å². The van der Waals surface area contributed by atoms with Gasteiger partial charge in [0.05, 0.1) is 23.7 Å². The Morgan fingerprint density at radius 1 is 0.932 bits per heavy atom. The van der Waals surface area contributed by atoms with Gasteiger partial charge in [0.15, 0.2) is 0 Å². The maximum atomic E-state index is 12.9. The van der Waals surface area contributed by atoms with Crippen molar-refractivity contribution in [3.05, 3.63) is 24.3 Å². The number of fused-ring (bicyclic) bond motifs is 5. The van der Waals surface area contributed by atoms with Crippen LogP contribution in [0, 0.1) is 46.3 Å². The highest BCUT2D eigenvalue weighted by atomic mass is 32.2. The Bertz CT molecular complexity index is 1310. The molecule has 5 fully saturated rings. The van der Waals surface area contributed by atoms with Crippen molar-refractivity contribution in [1.82, 2.24) is 4.72 Å². The Labute approximate surface area is 263 Å². The van der Waals surface area contributed by atoms with Crippen LogP contribution in [0.2, 0.25) is 0 Å². The van der Waals surface area contributed by atoms with Crippen LogP contribution in [0.1, 0.15) is 105 Å². The van der Waals surface area contributed by atoms with E-state index in [1.165, 1.54) is 12.1 Å². The van der Waals surface area contributed by atoms with Crippen molar-refractivity contribution in [3.8, 4) is 5.75 Å². The third kappa shape index (κ3) is 5.79. The van der Waals surface area contributed by atoms with E-state index in [-0.39, 0.29) is 52.0 Å². The Morgan fingerprint density at radius 2 is 1.59 bits per heavy atom. The second-order valence-corrected chi connectivity index (χ2v) is 17.5. The monoisotopic (exact) mass is 631 g/mol. The molecule has 10 atom stereocenters. The highest BCUT2D eigenvalue weighted by Gasteiger charge is 2.63. The zero-order chi connectivity index (χ0) is 31.5. The zero-order valence-electron chi connectivity index (χ0n) is 27.0. The fraction of sp³-hybridized carbons (Fsp3) is 0.800. The average molecular weight is 632 g/mol. The van der Waals surface area contributed by atoms with Crippen molar-refractivity contribution in [3.63, 3.8) is 0 Å². The van der Waals surface area contributed by atoms with Crippen molar-refractivity contribution in [2.75, 3.05) is 6.61 Å². The predicted octanol–water partition coefficient (Wildman–Crippen LogP) is 6.44. The van der Waals surface area contributed by atoms with Gasteiger partial charge in [0.1, 0.15) is 11.4 Å². The molecular weight excluding hydrogens is 578 g/mol. The number of amides is 1. The van der Waals surface area contributed by atoms with Gasteiger partial charge in [-0.05, 0) is 155 Å². The van der Waals surface area contributed by atoms with Crippen LogP contribution in [0.5, 0.6) is 5.75 Å². The molecule has 5 aliphatic carbocycles. The minimum Gasteiger partial charge on any atom is -0.488 e. The second kappa shape index (κ2) is 11.8. The summed E-state index contributed by atoms with van der Waals surface area (Å²) >= 11 is 0. The van der Waals surface area contributed by atoms with Crippen LogP contribution in [0.15, 0.2) is 29.2 Å². The van der Waals surface area contributed by atoms with Crippen molar-refractivity contribution in [1.29, 1.82) is 0 Å². The van der Waals surface area contributed by atoms with Crippen LogP contribution >= 0.6 is 0 Å². The first-order valence-corrected chi connectivity index (χ1v) is 18.6. The van der Waals surface area contributed by atoms with Crippen LogP contribution < -0.4 is 9.46 Å². The molecule has 6 rings (SSSR count). The summed E-state index contributed by atoms with van der Waals surface area (Å²) in [5.74, 6) is 2.58. The summed E-state index contributed by atoms with van der Waals surface area (Å²) in [6, 6.07) is 6.19. The van der Waals surface area contributed by atoms with Crippen LogP contribution in [0.4, 0.5) is 4.79 Å². The highest BCUT2D eigenvalue weighted by molar-refractivity contribution is 7.90. The molecule has 0 aliphatic heterocycles. The van der Waals surface area contributed by atoms with Gasteiger partial charge in [0.25, 0.3) is 10.0 Å². The van der Waals surface area contributed by atoms with Gasteiger partial charge in [0.2, 0.25) is 0 Å². The van der Waals surface area contributed by atoms with Gasteiger partial charge < -0.3 is 19.7 Å². The lowest BCUT2D eigenvalue weighted by Crippen LogP contribution is -2.58. The van der Waals surface area contributed by atoms with Gasteiger partial charge >= 0.3 is 6.09 Å². The zero-order valence-corrected chi connectivity index (χ0v) is 27.8. The largest absolute Gasteiger partial charge is 0.488 e. The molecule has 246 valence electrons. The van der Waals surface area contributed by atoms with Gasteiger partial charge in [-0.1, -0.05) is 20.8 Å². The maximum absolute atomic E-state index is 12.9. The van der Waals surface area contributed by atoms with Crippen LogP contribution in [0.25, 0.3) is 0 Å². The first-order valence-electron chi connectivity index (χ1n) is 17.1. The van der Waals surface area contributed by atoms with Gasteiger partial charge in [-0.3, -0.25) is 0 Å². The van der Waals surface area contributed by atoms with E-state index in [0.717, 1.165) is 77.0 Å². The Morgan fingerprint density at radius 3 is 2.30 bits per heavy atom. The first-order chi connectivity index (χ1) is 20.7. The van der Waals surface area contributed by atoms with E-state index in [2.05, 4.69) is 32.4 Å². The fourth-order valence-electron chi connectivity index (χ4n) is 10.9. The third-order valence-electron chi connectivity index (χ3n) is 13.3. The molecule has 9 heteroatoms. The van der Waals surface area contributed by atoms with Crippen molar-refractivity contribution in [2.45, 2.75) is 127 Å². The van der Waals surface area contributed by atoms with E-state index in [4.69, 9.17) is 9.47 Å². The first kappa shape index (κ1) is 32.1. The summed E-state index contributed by atoms with van der Waals surface area (Å²) in [5.41, 5.74) is 0.0126. The molecule has 0 spiro atoms.